The summed E-state index contributed by atoms with van der Waals surface area (Å²) in [5.74, 6) is 0. The van der Waals surface area contributed by atoms with Gasteiger partial charge in [0.05, 0.1) is 12.6 Å². The number of hydrogen-bond acceptors (Lipinski definition) is 2. The van der Waals surface area contributed by atoms with E-state index in [0.29, 0.717) is 6.04 Å². The van der Waals surface area contributed by atoms with Crippen LogP contribution in [0.5, 0.6) is 0 Å². The van der Waals surface area contributed by atoms with Crippen LogP contribution in [0.2, 0.25) is 0 Å². The Morgan fingerprint density at radius 2 is 1.67 bits per heavy atom. The second-order valence-electron chi connectivity index (χ2n) is 5.69. The first-order valence-electron chi connectivity index (χ1n) is 8.71. The van der Waals surface area contributed by atoms with Crippen LogP contribution in [-0.4, -0.2) is 19.8 Å². The van der Waals surface area contributed by atoms with Gasteiger partial charge in [-0.25, -0.2) is 0 Å². The molecule has 0 saturated heterocycles. The molecule has 120 valence electrons. The van der Waals surface area contributed by atoms with Crippen LogP contribution in [0.25, 0.3) is 0 Å². The molecule has 0 aliphatic heterocycles. The van der Waals surface area contributed by atoms with Crippen molar-refractivity contribution >= 4 is 0 Å². The van der Waals surface area contributed by atoms with E-state index < -0.39 is 0 Å². The fourth-order valence-corrected chi connectivity index (χ4v) is 2.51. The smallest absolute Gasteiger partial charge is 0.0661 e. The SMILES string of the molecule is CCCCCCCOCC(NCC)c1ccc(CC)cc1. The standard InChI is InChI=1S/C19H33NO/c1-4-7-8-9-10-15-21-16-19(20-6-3)18-13-11-17(5-2)12-14-18/h11-14,19-20H,4-10,15-16H2,1-3H3. The highest BCUT2D eigenvalue weighted by atomic mass is 16.5. The van der Waals surface area contributed by atoms with Crippen LogP contribution in [0.4, 0.5) is 0 Å². The van der Waals surface area contributed by atoms with Gasteiger partial charge in [-0.15, -0.1) is 0 Å². The summed E-state index contributed by atoms with van der Waals surface area (Å²) in [6, 6.07) is 9.24. The Bertz CT molecular complexity index is 347. The molecule has 1 aromatic carbocycles. The Labute approximate surface area is 131 Å². The molecule has 1 N–H and O–H groups in total. The molecular weight excluding hydrogens is 258 g/mol. The largest absolute Gasteiger partial charge is 0.379 e. The zero-order chi connectivity index (χ0) is 15.3. The fraction of sp³-hybridized carbons (Fsp3) is 0.684. The molecule has 0 radical (unpaired) electrons. The van der Waals surface area contributed by atoms with Crippen molar-refractivity contribution in [3.05, 3.63) is 35.4 Å². The molecule has 2 heteroatoms. The number of nitrogens with one attached hydrogen (secondary N) is 1. The van der Waals surface area contributed by atoms with Crippen molar-refractivity contribution in [1.82, 2.24) is 5.32 Å². The topological polar surface area (TPSA) is 21.3 Å². The number of hydrogen-bond donors (Lipinski definition) is 1. The van der Waals surface area contributed by atoms with Crippen LogP contribution >= 0.6 is 0 Å². The van der Waals surface area contributed by atoms with E-state index in [1.54, 1.807) is 0 Å². The van der Waals surface area contributed by atoms with Crippen molar-refractivity contribution in [3.8, 4) is 0 Å². The van der Waals surface area contributed by atoms with E-state index in [9.17, 15) is 0 Å². The van der Waals surface area contributed by atoms with Gasteiger partial charge in [0.25, 0.3) is 0 Å². The lowest BCUT2D eigenvalue weighted by molar-refractivity contribution is 0.108. The third kappa shape index (κ3) is 7.63. The molecule has 1 aromatic rings. The number of unbranched alkanes of at least 4 members (excludes halogenated alkanes) is 4. The monoisotopic (exact) mass is 291 g/mol. The highest BCUT2D eigenvalue weighted by molar-refractivity contribution is 5.25. The van der Waals surface area contributed by atoms with Crippen LogP contribution in [0, 0.1) is 0 Å². The summed E-state index contributed by atoms with van der Waals surface area (Å²) in [6.45, 7) is 9.23. The van der Waals surface area contributed by atoms with E-state index >= 15 is 0 Å². The summed E-state index contributed by atoms with van der Waals surface area (Å²) in [6.07, 6.45) is 7.58. The molecule has 0 aromatic heterocycles. The minimum absolute atomic E-state index is 0.316. The van der Waals surface area contributed by atoms with Crippen LogP contribution in [0.15, 0.2) is 24.3 Å². The van der Waals surface area contributed by atoms with Gasteiger partial charge in [0.2, 0.25) is 0 Å². The minimum Gasteiger partial charge on any atom is -0.379 e. The molecule has 2 nitrogen and oxygen atoms in total. The molecule has 1 unspecified atom stereocenters. The van der Waals surface area contributed by atoms with Crippen molar-refractivity contribution in [2.75, 3.05) is 19.8 Å². The predicted octanol–water partition coefficient (Wildman–Crippen LogP) is 4.89. The molecule has 0 amide bonds. The maximum absolute atomic E-state index is 5.88. The summed E-state index contributed by atoms with van der Waals surface area (Å²) >= 11 is 0. The Hall–Kier alpha value is -0.860. The van der Waals surface area contributed by atoms with E-state index in [-0.39, 0.29) is 0 Å². The Morgan fingerprint density at radius 3 is 2.29 bits per heavy atom. The first-order chi connectivity index (χ1) is 10.3. The van der Waals surface area contributed by atoms with E-state index in [2.05, 4.69) is 50.4 Å². The van der Waals surface area contributed by atoms with Gasteiger partial charge in [-0.2, -0.15) is 0 Å². The van der Waals surface area contributed by atoms with Crippen molar-refractivity contribution in [3.63, 3.8) is 0 Å². The fourth-order valence-electron chi connectivity index (χ4n) is 2.51. The van der Waals surface area contributed by atoms with E-state index in [0.717, 1.165) is 26.2 Å². The number of aryl methyl sites for hydroxylation is 1. The Kier molecular flexibility index (Phi) is 10.2. The second kappa shape index (κ2) is 11.8. The summed E-state index contributed by atoms with van der Waals surface area (Å²) in [5, 5.41) is 3.52. The molecule has 0 aliphatic rings. The van der Waals surface area contributed by atoms with Crippen molar-refractivity contribution < 1.29 is 4.74 Å². The van der Waals surface area contributed by atoms with Gasteiger partial charge in [-0.3, -0.25) is 0 Å². The lowest BCUT2D eigenvalue weighted by Crippen LogP contribution is -2.25. The molecule has 0 spiro atoms. The summed E-state index contributed by atoms with van der Waals surface area (Å²) in [7, 11) is 0. The molecule has 21 heavy (non-hydrogen) atoms. The maximum atomic E-state index is 5.88. The second-order valence-corrected chi connectivity index (χ2v) is 5.69. The van der Waals surface area contributed by atoms with E-state index in [4.69, 9.17) is 4.74 Å². The highest BCUT2D eigenvalue weighted by Gasteiger charge is 2.10. The summed E-state index contributed by atoms with van der Waals surface area (Å²) in [5.41, 5.74) is 2.73. The van der Waals surface area contributed by atoms with Crippen molar-refractivity contribution in [2.45, 2.75) is 65.3 Å². The molecule has 0 fully saturated rings. The van der Waals surface area contributed by atoms with Gasteiger partial charge in [-0.05, 0) is 30.5 Å². The van der Waals surface area contributed by atoms with Crippen LogP contribution < -0.4 is 5.32 Å². The maximum Gasteiger partial charge on any atom is 0.0661 e. The van der Waals surface area contributed by atoms with Gasteiger partial charge in [-0.1, -0.05) is 70.7 Å². The molecule has 1 atom stereocenters. The van der Waals surface area contributed by atoms with Crippen LogP contribution in [0.1, 0.15) is 70.0 Å². The van der Waals surface area contributed by atoms with Crippen molar-refractivity contribution in [2.24, 2.45) is 0 Å². The average Bonchev–Trinajstić information content (AvgIpc) is 2.53. The zero-order valence-corrected chi connectivity index (χ0v) is 14.2. The molecule has 0 aliphatic carbocycles. The zero-order valence-electron chi connectivity index (χ0n) is 14.2. The average molecular weight is 291 g/mol. The van der Waals surface area contributed by atoms with Gasteiger partial charge < -0.3 is 10.1 Å². The van der Waals surface area contributed by atoms with Gasteiger partial charge in [0.15, 0.2) is 0 Å². The number of rotatable bonds is 12. The lowest BCUT2D eigenvalue weighted by atomic mass is 10.0. The normalized spacial score (nSPS) is 12.5. The number of benzene rings is 1. The Balaban J connectivity index is 2.32. The highest BCUT2D eigenvalue weighted by Crippen LogP contribution is 2.15. The summed E-state index contributed by atoms with van der Waals surface area (Å²) < 4.78 is 5.88. The molecule has 0 heterocycles. The van der Waals surface area contributed by atoms with Crippen molar-refractivity contribution in [1.29, 1.82) is 0 Å². The molecule has 0 saturated carbocycles. The van der Waals surface area contributed by atoms with Gasteiger partial charge >= 0.3 is 0 Å². The first-order valence-corrected chi connectivity index (χ1v) is 8.71. The molecular formula is C19H33NO. The van der Waals surface area contributed by atoms with E-state index in [1.807, 2.05) is 0 Å². The third-order valence-electron chi connectivity index (χ3n) is 3.92. The predicted molar refractivity (Wildman–Crippen MR) is 91.8 cm³/mol. The molecule has 0 bridgehead atoms. The summed E-state index contributed by atoms with van der Waals surface area (Å²) in [4.78, 5) is 0. The number of ether oxygens (including phenoxy) is 1. The minimum atomic E-state index is 0.316. The quantitative estimate of drug-likeness (QED) is 0.554. The van der Waals surface area contributed by atoms with Crippen LogP contribution in [-0.2, 0) is 11.2 Å². The van der Waals surface area contributed by atoms with E-state index in [1.165, 1.54) is 43.2 Å². The van der Waals surface area contributed by atoms with Gasteiger partial charge in [0, 0.05) is 6.61 Å². The number of likely N-dealkylation sites (N-methyl/N-ethyl adjacent to an activating group) is 1. The van der Waals surface area contributed by atoms with Crippen LogP contribution in [0.3, 0.4) is 0 Å². The van der Waals surface area contributed by atoms with Gasteiger partial charge in [0.1, 0.15) is 0 Å². The Morgan fingerprint density at radius 1 is 0.952 bits per heavy atom. The molecule has 1 rings (SSSR count). The lowest BCUT2D eigenvalue weighted by Gasteiger charge is -2.19. The first kappa shape index (κ1) is 18.2. The third-order valence-corrected chi connectivity index (χ3v) is 3.92.